The minimum atomic E-state index is -0.0778. The van der Waals surface area contributed by atoms with Gasteiger partial charge in [-0.1, -0.05) is 31.8 Å². The van der Waals surface area contributed by atoms with Crippen LogP contribution in [0.15, 0.2) is 12.2 Å². The zero-order valence-corrected chi connectivity index (χ0v) is 8.54. The van der Waals surface area contributed by atoms with E-state index in [4.69, 9.17) is 5.11 Å². The third-order valence-electron chi connectivity index (χ3n) is 2.58. The molecule has 14 heavy (non-hydrogen) atoms. The highest BCUT2D eigenvalue weighted by Gasteiger charge is 2.12. The van der Waals surface area contributed by atoms with Crippen molar-refractivity contribution >= 4 is 5.91 Å². The molecule has 2 N–H and O–H groups in total. The van der Waals surface area contributed by atoms with E-state index in [-0.39, 0.29) is 12.5 Å². The van der Waals surface area contributed by atoms with E-state index in [1.54, 1.807) is 0 Å². The molecule has 0 atom stereocenters. The summed E-state index contributed by atoms with van der Waals surface area (Å²) < 4.78 is 0. The molecule has 0 aliphatic heterocycles. The minimum Gasteiger partial charge on any atom is -0.392 e. The van der Waals surface area contributed by atoms with E-state index in [0.717, 1.165) is 12.8 Å². The molecule has 0 spiro atoms. The first-order valence-corrected chi connectivity index (χ1v) is 5.41. The summed E-state index contributed by atoms with van der Waals surface area (Å²) in [6.07, 6.45) is 10.1. The summed E-state index contributed by atoms with van der Waals surface area (Å²) >= 11 is 0. The van der Waals surface area contributed by atoms with Crippen molar-refractivity contribution in [2.75, 3.05) is 6.61 Å². The predicted octanol–water partition coefficient (Wildman–Crippen LogP) is 1.37. The van der Waals surface area contributed by atoms with Crippen molar-refractivity contribution in [1.29, 1.82) is 0 Å². The number of aliphatic hydroxyl groups is 1. The van der Waals surface area contributed by atoms with Gasteiger partial charge in [0, 0.05) is 12.1 Å². The van der Waals surface area contributed by atoms with Gasteiger partial charge in [0.1, 0.15) is 0 Å². The highest BCUT2D eigenvalue weighted by molar-refractivity contribution is 5.87. The number of amides is 1. The van der Waals surface area contributed by atoms with Crippen LogP contribution < -0.4 is 5.32 Å². The summed E-state index contributed by atoms with van der Waals surface area (Å²) in [5.74, 6) is -0.0778. The zero-order chi connectivity index (χ0) is 10.2. The zero-order valence-electron chi connectivity index (χ0n) is 8.54. The summed E-state index contributed by atoms with van der Waals surface area (Å²) in [7, 11) is 0. The standard InChI is InChI=1S/C11H19NO2/c13-9-5-8-11(14)12-10-6-3-1-2-4-7-10/h5,8,10,13H,1-4,6-7,9H2,(H,12,14)/b8-5+. The Kier molecular flexibility index (Phi) is 5.30. The topological polar surface area (TPSA) is 49.3 Å². The van der Waals surface area contributed by atoms with Gasteiger partial charge in [-0.25, -0.2) is 0 Å². The summed E-state index contributed by atoms with van der Waals surface area (Å²) in [6.45, 7) is -0.0713. The summed E-state index contributed by atoms with van der Waals surface area (Å²) in [4.78, 5) is 11.3. The number of rotatable bonds is 3. The van der Waals surface area contributed by atoms with E-state index < -0.39 is 0 Å². The van der Waals surface area contributed by atoms with Crippen LogP contribution in [0.1, 0.15) is 38.5 Å². The second-order valence-electron chi connectivity index (χ2n) is 3.78. The Morgan fingerprint density at radius 1 is 1.29 bits per heavy atom. The van der Waals surface area contributed by atoms with Crippen LogP contribution in [0.4, 0.5) is 0 Å². The fourth-order valence-electron chi connectivity index (χ4n) is 1.83. The molecule has 0 aromatic carbocycles. The summed E-state index contributed by atoms with van der Waals surface area (Å²) in [5, 5.41) is 11.5. The summed E-state index contributed by atoms with van der Waals surface area (Å²) in [5.41, 5.74) is 0. The lowest BCUT2D eigenvalue weighted by Gasteiger charge is -2.14. The fourth-order valence-corrected chi connectivity index (χ4v) is 1.83. The van der Waals surface area contributed by atoms with Crippen LogP contribution >= 0.6 is 0 Å². The van der Waals surface area contributed by atoms with Crippen molar-refractivity contribution < 1.29 is 9.90 Å². The van der Waals surface area contributed by atoms with Crippen LogP contribution in [0.3, 0.4) is 0 Å². The Bertz CT molecular complexity index is 193. The van der Waals surface area contributed by atoms with Crippen molar-refractivity contribution in [2.45, 2.75) is 44.6 Å². The Labute approximate surface area is 85.2 Å². The van der Waals surface area contributed by atoms with Crippen molar-refractivity contribution in [3.63, 3.8) is 0 Å². The highest BCUT2D eigenvalue weighted by Crippen LogP contribution is 2.16. The molecule has 0 bridgehead atoms. The molecular weight excluding hydrogens is 178 g/mol. The van der Waals surface area contributed by atoms with Crippen molar-refractivity contribution in [3.8, 4) is 0 Å². The molecule has 0 aromatic heterocycles. The van der Waals surface area contributed by atoms with Crippen LogP contribution in [-0.4, -0.2) is 23.7 Å². The molecule has 80 valence electrons. The highest BCUT2D eigenvalue weighted by atomic mass is 16.2. The number of carbonyl (C=O) groups excluding carboxylic acids is 1. The van der Waals surface area contributed by atoms with E-state index in [1.165, 1.54) is 37.8 Å². The molecule has 0 unspecified atom stereocenters. The Balaban J connectivity index is 2.27. The van der Waals surface area contributed by atoms with Gasteiger partial charge >= 0.3 is 0 Å². The third-order valence-corrected chi connectivity index (χ3v) is 2.58. The van der Waals surface area contributed by atoms with Crippen LogP contribution in [0.2, 0.25) is 0 Å². The maximum atomic E-state index is 11.3. The molecular formula is C11H19NO2. The van der Waals surface area contributed by atoms with Gasteiger partial charge in [-0.2, -0.15) is 0 Å². The Morgan fingerprint density at radius 2 is 1.93 bits per heavy atom. The first kappa shape index (κ1) is 11.2. The molecule has 1 aliphatic rings. The van der Waals surface area contributed by atoms with Gasteiger partial charge in [0.2, 0.25) is 5.91 Å². The number of hydrogen-bond donors (Lipinski definition) is 2. The molecule has 3 nitrogen and oxygen atoms in total. The van der Waals surface area contributed by atoms with E-state index in [0.29, 0.717) is 6.04 Å². The number of aliphatic hydroxyl groups excluding tert-OH is 1. The first-order valence-electron chi connectivity index (χ1n) is 5.41. The molecule has 1 rings (SSSR count). The molecule has 1 aliphatic carbocycles. The summed E-state index contributed by atoms with van der Waals surface area (Å²) in [6, 6.07) is 0.341. The van der Waals surface area contributed by atoms with Gasteiger partial charge in [-0.15, -0.1) is 0 Å². The number of carbonyl (C=O) groups is 1. The van der Waals surface area contributed by atoms with Crippen molar-refractivity contribution in [2.24, 2.45) is 0 Å². The maximum absolute atomic E-state index is 11.3. The molecule has 1 amide bonds. The van der Waals surface area contributed by atoms with Crippen LogP contribution in [-0.2, 0) is 4.79 Å². The number of hydrogen-bond acceptors (Lipinski definition) is 2. The lowest BCUT2D eigenvalue weighted by atomic mass is 10.1. The minimum absolute atomic E-state index is 0.0713. The molecule has 0 heterocycles. The lowest BCUT2D eigenvalue weighted by molar-refractivity contribution is -0.117. The number of nitrogens with one attached hydrogen (secondary N) is 1. The SMILES string of the molecule is O=C(/C=C/CO)NC1CCCCCC1. The van der Waals surface area contributed by atoms with Gasteiger partial charge in [-0.3, -0.25) is 4.79 Å². The molecule has 3 heteroatoms. The largest absolute Gasteiger partial charge is 0.392 e. The van der Waals surface area contributed by atoms with E-state index in [1.807, 2.05) is 0 Å². The van der Waals surface area contributed by atoms with Crippen molar-refractivity contribution in [3.05, 3.63) is 12.2 Å². The monoisotopic (exact) mass is 197 g/mol. The van der Waals surface area contributed by atoms with Gasteiger partial charge < -0.3 is 10.4 Å². The molecule has 1 saturated carbocycles. The normalized spacial score (nSPS) is 19.5. The van der Waals surface area contributed by atoms with E-state index in [2.05, 4.69) is 5.32 Å². The van der Waals surface area contributed by atoms with Gasteiger partial charge in [0.15, 0.2) is 0 Å². The van der Waals surface area contributed by atoms with Gasteiger partial charge in [-0.05, 0) is 12.8 Å². The molecule has 1 fully saturated rings. The Hall–Kier alpha value is -0.830. The maximum Gasteiger partial charge on any atom is 0.243 e. The molecule has 0 saturated heterocycles. The average molecular weight is 197 g/mol. The third kappa shape index (κ3) is 4.42. The van der Waals surface area contributed by atoms with Crippen LogP contribution in [0.5, 0.6) is 0 Å². The average Bonchev–Trinajstić information content (AvgIpc) is 2.43. The molecule has 0 radical (unpaired) electrons. The lowest BCUT2D eigenvalue weighted by Crippen LogP contribution is -2.33. The predicted molar refractivity (Wildman–Crippen MR) is 55.9 cm³/mol. The van der Waals surface area contributed by atoms with Crippen LogP contribution in [0.25, 0.3) is 0 Å². The first-order chi connectivity index (χ1) is 6.83. The van der Waals surface area contributed by atoms with E-state index >= 15 is 0 Å². The van der Waals surface area contributed by atoms with Crippen molar-refractivity contribution in [1.82, 2.24) is 5.32 Å². The second kappa shape index (κ2) is 6.60. The molecule has 0 aromatic rings. The van der Waals surface area contributed by atoms with Crippen LogP contribution in [0, 0.1) is 0 Å². The Morgan fingerprint density at radius 3 is 2.50 bits per heavy atom. The fraction of sp³-hybridized carbons (Fsp3) is 0.727. The van der Waals surface area contributed by atoms with E-state index in [9.17, 15) is 4.79 Å². The van der Waals surface area contributed by atoms with Gasteiger partial charge in [0.05, 0.1) is 6.61 Å². The van der Waals surface area contributed by atoms with Gasteiger partial charge in [0.25, 0.3) is 0 Å². The second-order valence-corrected chi connectivity index (χ2v) is 3.78. The quantitative estimate of drug-likeness (QED) is 0.530. The smallest absolute Gasteiger partial charge is 0.243 e.